The van der Waals surface area contributed by atoms with E-state index >= 15 is 0 Å². The number of aliphatic hydroxyl groups is 1. The number of pyridine rings is 1. The van der Waals surface area contributed by atoms with Gasteiger partial charge in [0, 0.05) is 18.4 Å². The summed E-state index contributed by atoms with van der Waals surface area (Å²) in [5.74, 6) is 1.16. The van der Waals surface area contributed by atoms with Crippen LogP contribution < -0.4 is 5.32 Å². The Hall–Kier alpha value is -1.79. The lowest BCUT2D eigenvalue weighted by molar-refractivity contribution is 0.191. The highest BCUT2D eigenvalue weighted by Crippen LogP contribution is 2.21. The molecule has 94 valence electrons. The van der Waals surface area contributed by atoms with E-state index in [1.54, 1.807) is 6.20 Å². The van der Waals surface area contributed by atoms with Gasteiger partial charge >= 0.3 is 0 Å². The van der Waals surface area contributed by atoms with Gasteiger partial charge in [-0.1, -0.05) is 11.2 Å². The second-order valence-electron chi connectivity index (χ2n) is 4.40. The zero-order chi connectivity index (χ0) is 12.4. The van der Waals surface area contributed by atoms with Crippen molar-refractivity contribution in [2.45, 2.75) is 25.0 Å². The van der Waals surface area contributed by atoms with Crippen LogP contribution in [0.25, 0.3) is 0 Å². The molecule has 3 rings (SSSR count). The van der Waals surface area contributed by atoms with Gasteiger partial charge in [0.05, 0.1) is 18.6 Å². The second-order valence-corrected chi connectivity index (χ2v) is 4.40. The summed E-state index contributed by atoms with van der Waals surface area (Å²) in [6.07, 6.45) is 2.58. The van der Waals surface area contributed by atoms with E-state index in [0.717, 1.165) is 5.69 Å². The van der Waals surface area contributed by atoms with Crippen LogP contribution in [0.2, 0.25) is 0 Å². The quantitative estimate of drug-likeness (QED) is 0.818. The van der Waals surface area contributed by atoms with E-state index in [4.69, 9.17) is 4.52 Å². The van der Waals surface area contributed by atoms with Crippen LogP contribution >= 0.6 is 0 Å². The largest absolute Gasteiger partial charge is 0.392 e. The van der Waals surface area contributed by atoms with Crippen LogP contribution in [-0.2, 0) is 6.42 Å². The molecule has 0 aromatic carbocycles. The molecular formula is C12H14N4O2. The molecule has 0 amide bonds. The minimum atomic E-state index is -0.332. The fourth-order valence-electron chi connectivity index (χ4n) is 2.05. The molecule has 3 heterocycles. The highest BCUT2D eigenvalue weighted by Gasteiger charge is 2.28. The van der Waals surface area contributed by atoms with E-state index in [9.17, 15) is 5.11 Å². The molecule has 1 saturated heterocycles. The minimum absolute atomic E-state index is 0.0371. The number of rotatable bonds is 3. The third-order valence-electron chi connectivity index (χ3n) is 2.95. The average Bonchev–Trinajstić information content (AvgIpc) is 2.99. The molecule has 0 unspecified atom stereocenters. The molecule has 0 bridgehead atoms. The van der Waals surface area contributed by atoms with E-state index in [1.807, 2.05) is 18.2 Å². The smallest absolute Gasteiger partial charge is 0.243 e. The van der Waals surface area contributed by atoms with Crippen molar-refractivity contribution >= 4 is 0 Å². The van der Waals surface area contributed by atoms with Crippen LogP contribution in [-0.4, -0.2) is 32.9 Å². The van der Waals surface area contributed by atoms with Crippen molar-refractivity contribution in [1.29, 1.82) is 0 Å². The minimum Gasteiger partial charge on any atom is -0.392 e. The van der Waals surface area contributed by atoms with Gasteiger partial charge in [0.15, 0.2) is 5.82 Å². The van der Waals surface area contributed by atoms with E-state index in [1.165, 1.54) is 0 Å². The van der Waals surface area contributed by atoms with E-state index in [2.05, 4.69) is 20.4 Å². The first-order chi connectivity index (χ1) is 8.81. The standard InChI is InChI=1S/C12H14N4O2/c17-9-6-10(14-7-9)12-15-11(16-18-12)5-8-3-1-2-4-13-8/h1-4,9-10,14,17H,5-7H2/t9-,10+/m1/s1. The molecule has 2 aromatic rings. The molecule has 0 radical (unpaired) electrons. The maximum atomic E-state index is 9.44. The molecule has 1 fully saturated rings. The summed E-state index contributed by atoms with van der Waals surface area (Å²) in [6, 6.07) is 5.69. The first-order valence-electron chi connectivity index (χ1n) is 5.95. The molecule has 0 saturated carbocycles. The monoisotopic (exact) mass is 246 g/mol. The number of nitrogens with zero attached hydrogens (tertiary/aromatic N) is 3. The first-order valence-corrected chi connectivity index (χ1v) is 5.95. The summed E-state index contributed by atoms with van der Waals surface area (Å²) in [4.78, 5) is 8.55. The number of aliphatic hydroxyl groups excluding tert-OH is 1. The summed E-state index contributed by atoms with van der Waals surface area (Å²) in [5, 5.41) is 16.5. The Morgan fingerprint density at radius 3 is 3.11 bits per heavy atom. The van der Waals surface area contributed by atoms with Crippen molar-refractivity contribution in [2.24, 2.45) is 0 Å². The van der Waals surface area contributed by atoms with Crippen molar-refractivity contribution in [1.82, 2.24) is 20.4 Å². The van der Waals surface area contributed by atoms with Crippen molar-refractivity contribution in [3.63, 3.8) is 0 Å². The maximum Gasteiger partial charge on any atom is 0.243 e. The second kappa shape index (κ2) is 4.83. The predicted molar refractivity (Wildman–Crippen MR) is 62.7 cm³/mol. The molecule has 0 spiro atoms. The molecule has 2 atom stereocenters. The fourth-order valence-corrected chi connectivity index (χ4v) is 2.05. The van der Waals surface area contributed by atoms with Gasteiger partial charge in [-0.2, -0.15) is 4.98 Å². The number of nitrogens with one attached hydrogen (secondary N) is 1. The van der Waals surface area contributed by atoms with Gasteiger partial charge in [-0.15, -0.1) is 0 Å². The number of hydrogen-bond donors (Lipinski definition) is 2. The first kappa shape index (κ1) is 11.3. The van der Waals surface area contributed by atoms with Gasteiger partial charge in [0.1, 0.15) is 0 Å². The SMILES string of the molecule is O[C@H]1CN[C@H](c2nc(Cc3ccccn3)no2)C1. The zero-order valence-corrected chi connectivity index (χ0v) is 9.78. The summed E-state index contributed by atoms with van der Waals surface area (Å²) in [5.41, 5.74) is 0.907. The lowest BCUT2D eigenvalue weighted by Crippen LogP contribution is -2.15. The summed E-state index contributed by atoms with van der Waals surface area (Å²) in [6.45, 7) is 0.572. The van der Waals surface area contributed by atoms with Gasteiger partial charge in [-0.25, -0.2) is 0 Å². The lowest BCUT2D eigenvalue weighted by Gasteiger charge is -2.01. The van der Waals surface area contributed by atoms with Crippen LogP contribution in [0.4, 0.5) is 0 Å². The number of aromatic nitrogens is 3. The number of β-amino-alcohol motifs (C(OH)–C–C–N with tert-alkyl or cyclic N) is 1. The topological polar surface area (TPSA) is 84.1 Å². The molecule has 2 aromatic heterocycles. The fraction of sp³-hybridized carbons (Fsp3) is 0.417. The molecule has 6 nitrogen and oxygen atoms in total. The third-order valence-corrected chi connectivity index (χ3v) is 2.95. The van der Waals surface area contributed by atoms with Crippen molar-refractivity contribution in [3.05, 3.63) is 41.8 Å². The summed E-state index contributed by atoms with van der Waals surface area (Å²) in [7, 11) is 0. The molecule has 0 aliphatic carbocycles. The van der Waals surface area contributed by atoms with Crippen LogP contribution in [0.3, 0.4) is 0 Å². The Bertz CT molecular complexity index is 514. The third kappa shape index (κ3) is 2.39. The Morgan fingerprint density at radius 2 is 2.39 bits per heavy atom. The van der Waals surface area contributed by atoms with Gasteiger partial charge in [0.2, 0.25) is 5.89 Å². The number of hydrogen-bond acceptors (Lipinski definition) is 6. The van der Waals surface area contributed by atoms with Gasteiger partial charge in [-0.3, -0.25) is 4.98 Å². The summed E-state index contributed by atoms with van der Waals surface area (Å²) < 4.78 is 5.21. The Balaban J connectivity index is 1.70. The van der Waals surface area contributed by atoms with Gasteiger partial charge < -0.3 is 14.9 Å². The van der Waals surface area contributed by atoms with E-state index in [0.29, 0.717) is 31.1 Å². The predicted octanol–water partition coefficient (Wildman–Crippen LogP) is 0.451. The highest BCUT2D eigenvalue weighted by atomic mass is 16.5. The Morgan fingerprint density at radius 1 is 1.44 bits per heavy atom. The van der Waals surface area contributed by atoms with Crippen LogP contribution in [0.15, 0.2) is 28.9 Å². The lowest BCUT2D eigenvalue weighted by atomic mass is 10.2. The molecule has 1 aliphatic rings. The Labute approximate surface area is 104 Å². The van der Waals surface area contributed by atoms with E-state index in [-0.39, 0.29) is 12.1 Å². The van der Waals surface area contributed by atoms with Crippen molar-refractivity contribution in [3.8, 4) is 0 Å². The maximum absolute atomic E-state index is 9.44. The van der Waals surface area contributed by atoms with E-state index < -0.39 is 0 Å². The van der Waals surface area contributed by atoms with Crippen LogP contribution in [0, 0.1) is 0 Å². The molecule has 2 N–H and O–H groups in total. The molecule has 18 heavy (non-hydrogen) atoms. The van der Waals surface area contributed by atoms with Crippen LogP contribution in [0.1, 0.15) is 29.9 Å². The van der Waals surface area contributed by atoms with Crippen LogP contribution in [0.5, 0.6) is 0 Å². The normalized spacial score (nSPS) is 23.4. The van der Waals surface area contributed by atoms with Crippen molar-refractivity contribution < 1.29 is 9.63 Å². The molecular weight excluding hydrogens is 232 g/mol. The van der Waals surface area contributed by atoms with Gasteiger partial charge in [-0.05, 0) is 18.6 Å². The summed E-state index contributed by atoms with van der Waals surface area (Å²) >= 11 is 0. The van der Waals surface area contributed by atoms with Gasteiger partial charge in [0.25, 0.3) is 0 Å². The highest BCUT2D eigenvalue weighted by molar-refractivity contribution is 5.09. The zero-order valence-electron chi connectivity index (χ0n) is 9.78. The molecule has 1 aliphatic heterocycles. The Kier molecular flexibility index (Phi) is 3.04. The average molecular weight is 246 g/mol. The molecule has 6 heteroatoms. The van der Waals surface area contributed by atoms with Crippen molar-refractivity contribution in [2.75, 3.05) is 6.54 Å².